The molecule has 1 aromatic carbocycles. The van der Waals surface area contributed by atoms with Crippen molar-refractivity contribution in [3.8, 4) is 11.8 Å². The first-order valence-corrected chi connectivity index (χ1v) is 7.12. The summed E-state index contributed by atoms with van der Waals surface area (Å²) in [5.74, 6) is 1.52. The van der Waals surface area contributed by atoms with Crippen molar-refractivity contribution in [3.05, 3.63) is 29.8 Å². The highest BCUT2D eigenvalue weighted by molar-refractivity contribution is 5.29. The zero-order valence-corrected chi connectivity index (χ0v) is 12.6. The summed E-state index contributed by atoms with van der Waals surface area (Å²) < 4.78 is 5.70. The van der Waals surface area contributed by atoms with Gasteiger partial charge in [0, 0.05) is 0 Å². The van der Waals surface area contributed by atoms with Crippen LogP contribution in [0.25, 0.3) is 0 Å². The molecule has 0 spiro atoms. The zero-order valence-electron chi connectivity index (χ0n) is 12.6. The summed E-state index contributed by atoms with van der Waals surface area (Å²) in [6.45, 7) is 9.04. The molecule has 0 aliphatic heterocycles. The maximum Gasteiger partial charge on any atom is 0.119 e. The van der Waals surface area contributed by atoms with E-state index in [9.17, 15) is 0 Å². The van der Waals surface area contributed by atoms with Crippen molar-refractivity contribution in [1.82, 2.24) is 0 Å². The molecule has 0 saturated carbocycles. The van der Waals surface area contributed by atoms with Gasteiger partial charge in [0.1, 0.15) is 5.75 Å². The van der Waals surface area contributed by atoms with Gasteiger partial charge in [0.15, 0.2) is 0 Å². The van der Waals surface area contributed by atoms with E-state index in [1.807, 2.05) is 26.0 Å². The Labute approximate surface area is 117 Å². The third kappa shape index (κ3) is 5.34. The summed E-state index contributed by atoms with van der Waals surface area (Å²) in [5.41, 5.74) is 1.12. The summed E-state index contributed by atoms with van der Waals surface area (Å²) in [7, 11) is 0. The first-order valence-electron chi connectivity index (χ1n) is 7.12. The van der Waals surface area contributed by atoms with E-state index >= 15 is 0 Å². The third-order valence-electron chi connectivity index (χ3n) is 3.58. The number of nitriles is 1. The molecule has 104 valence electrons. The number of nitrogens with zero attached hydrogens (tertiary/aromatic N) is 1. The van der Waals surface area contributed by atoms with Crippen molar-refractivity contribution in [2.45, 2.75) is 52.9 Å². The van der Waals surface area contributed by atoms with E-state index < -0.39 is 0 Å². The topological polar surface area (TPSA) is 33.0 Å². The standard InChI is InChI=1S/C17H25NO/c1-5-14(2)15-7-9-16(10-8-15)19-12-6-11-17(3,4)13-18/h7-10,14H,5-6,11-12H2,1-4H3. The summed E-state index contributed by atoms with van der Waals surface area (Å²) in [5, 5.41) is 8.93. The summed E-state index contributed by atoms with van der Waals surface area (Å²) in [4.78, 5) is 0. The van der Waals surface area contributed by atoms with E-state index in [-0.39, 0.29) is 5.41 Å². The van der Waals surface area contributed by atoms with E-state index in [2.05, 4.69) is 32.0 Å². The number of benzene rings is 1. The van der Waals surface area contributed by atoms with Crippen molar-refractivity contribution in [1.29, 1.82) is 5.26 Å². The lowest BCUT2D eigenvalue weighted by Crippen LogP contribution is -2.10. The molecule has 2 nitrogen and oxygen atoms in total. The van der Waals surface area contributed by atoms with Crippen molar-refractivity contribution in [2.24, 2.45) is 5.41 Å². The van der Waals surface area contributed by atoms with Gasteiger partial charge in [0.2, 0.25) is 0 Å². The molecule has 19 heavy (non-hydrogen) atoms. The molecule has 0 amide bonds. The SMILES string of the molecule is CCC(C)c1ccc(OCCCC(C)(C)C#N)cc1. The first-order chi connectivity index (χ1) is 8.98. The molecule has 1 aromatic rings. The fourth-order valence-electron chi connectivity index (χ4n) is 1.89. The third-order valence-corrected chi connectivity index (χ3v) is 3.58. The largest absolute Gasteiger partial charge is 0.494 e. The summed E-state index contributed by atoms with van der Waals surface area (Å²) >= 11 is 0. The fourth-order valence-corrected chi connectivity index (χ4v) is 1.89. The molecule has 0 aromatic heterocycles. The van der Waals surface area contributed by atoms with Gasteiger partial charge < -0.3 is 4.74 Å². The van der Waals surface area contributed by atoms with Gasteiger partial charge >= 0.3 is 0 Å². The van der Waals surface area contributed by atoms with Gasteiger partial charge in [-0.05, 0) is 56.7 Å². The second kappa shape index (κ2) is 7.19. The van der Waals surface area contributed by atoms with Gasteiger partial charge in [0.05, 0.1) is 18.1 Å². The number of hydrogen-bond donors (Lipinski definition) is 0. The molecule has 0 aliphatic carbocycles. The maximum atomic E-state index is 8.93. The molecule has 0 N–H and O–H groups in total. The van der Waals surface area contributed by atoms with Crippen LogP contribution in [0.3, 0.4) is 0 Å². The number of rotatable bonds is 7. The highest BCUT2D eigenvalue weighted by Gasteiger charge is 2.15. The minimum atomic E-state index is -0.246. The molecule has 0 aliphatic rings. The lowest BCUT2D eigenvalue weighted by Gasteiger charge is -2.15. The molecule has 0 bridgehead atoms. The van der Waals surface area contributed by atoms with Crippen molar-refractivity contribution in [3.63, 3.8) is 0 Å². The van der Waals surface area contributed by atoms with Crippen molar-refractivity contribution < 1.29 is 4.74 Å². The second-order valence-electron chi connectivity index (χ2n) is 5.83. The minimum Gasteiger partial charge on any atom is -0.494 e. The van der Waals surface area contributed by atoms with Crippen molar-refractivity contribution >= 4 is 0 Å². The monoisotopic (exact) mass is 259 g/mol. The van der Waals surface area contributed by atoms with Gasteiger partial charge in [0.25, 0.3) is 0 Å². The van der Waals surface area contributed by atoms with E-state index in [1.165, 1.54) is 5.56 Å². The summed E-state index contributed by atoms with van der Waals surface area (Å²) in [6.07, 6.45) is 2.94. The van der Waals surface area contributed by atoms with Gasteiger partial charge in [-0.15, -0.1) is 0 Å². The van der Waals surface area contributed by atoms with Crippen LogP contribution in [0.2, 0.25) is 0 Å². The highest BCUT2D eigenvalue weighted by Crippen LogP contribution is 2.23. The molecule has 0 heterocycles. The van der Waals surface area contributed by atoms with Crippen LogP contribution < -0.4 is 4.74 Å². The Kier molecular flexibility index (Phi) is 5.89. The van der Waals surface area contributed by atoms with Crippen LogP contribution in [-0.2, 0) is 0 Å². The Hall–Kier alpha value is -1.49. The van der Waals surface area contributed by atoms with Gasteiger partial charge in [-0.2, -0.15) is 5.26 Å². The lowest BCUT2D eigenvalue weighted by atomic mass is 9.90. The van der Waals surface area contributed by atoms with E-state index in [4.69, 9.17) is 10.00 Å². The van der Waals surface area contributed by atoms with E-state index in [1.54, 1.807) is 0 Å². The molecular weight excluding hydrogens is 234 g/mol. The Morgan fingerprint density at radius 2 is 1.89 bits per heavy atom. The van der Waals surface area contributed by atoms with Gasteiger partial charge in [-0.1, -0.05) is 26.0 Å². The molecule has 0 fully saturated rings. The van der Waals surface area contributed by atoms with Crippen LogP contribution >= 0.6 is 0 Å². The quantitative estimate of drug-likeness (QED) is 0.652. The van der Waals surface area contributed by atoms with Crippen LogP contribution in [0, 0.1) is 16.7 Å². The Morgan fingerprint density at radius 3 is 2.42 bits per heavy atom. The summed E-state index contributed by atoms with van der Waals surface area (Å²) in [6, 6.07) is 10.7. The maximum absolute atomic E-state index is 8.93. The highest BCUT2D eigenvalue weighted by atomic mass is 16.5. The van der Waals surface area contributed by atoms with Crippen LogP contribution in [0.15, 0.2) is 24.3 Å². The normalized spacial score (nSPS) is 12.8. The molecule has 2 heteroatoms. The molecule has 0 saturated heterocycles. The Balaban J connectivity index is 2.37. The molecule has 1 rings (SSSR count). The molecule has 1 atom stereocenters. The number of ether oxygens (including phenoxy) is 1. The fraction of sp³-hybridized carbons (Fsp3) is 0.588. The first kappa shape index (κ1) is 15.6. The lowest BCUT2D eigenvalue weighted by molar-refractivity contribution is 0.284. The van der Waals surface area contributed by atoms with Crippen LogP contribution in [0.5, 0.6) is 5.75 Å². The molecule has 0 radical (unpaired) electrons. The number of hydrogen-bond acceptors (Lipinski definition) is 2. The molecule has 1 unspecified atom stereocenters. The van der Waals surface area contributed by atoms with Crippen LogP contribution in [-0.4, -0.2) is 6.61 Å². The molecular formula is C17H25NO. The van der Waals surface area contributed by atoms with Gasteiger partial charge in [-0.3, -0.25) is 0 Å². The average molecular weight is 259 g/mol. The van der Waals surface area contributed by atoms with Crippen molar-refractivity contribution in [2.75, 3.05) is 6.61 Å². The van der Waals surface area contributed by atoms with E-state index in [0.717, 1.165) is 25.0 Å². The Bertz CT molecular complexity index is 414. The Morgan fingerprint density at radius 1 is 1.26 bits per heavy atom. The smallest absolute Gasteiger partial charge is 0.119 e. The predicted octanol–water partition coefficient (Wildman–Crippen LogP) is 4.91. The van der Waals surface area contributed by atoms with E-state index in [0.29, 0.717) is 12.5 Å². The minimum absolute atomic E-state index is 0.246. The van der Waals surface area contributed by atoms with Gasteiger partial charge in [-0.25, -0.2) is 0 Å². The second-order valence-corrected chi connectivity index (χ2v) is 5.83. The van der Waals surface area contributed by atoms with Crippen LogP contribution in [0.1, 0.15) is 58.4 Å². The average Bonchev–Trinajstić information content (AvgIpc) is 2.43. The van der Waals surface area contributed by atoms with Crippen LogP contribution in [0.4, 0.5) is 0 Å². The predicted molar refractivity (Wildman–Crippen MR) is 79.3 cm³/mol. The zero-order chi connectivity index (χ0) is 14.3.